The van der Waals surface area contributed by atoms with Gasteiger partial charge in [-0.05, 0) is 51.0 Å². The molecule has 0 saturated carbocycles. The Balaban J connectivity index is 2.78. The number of benzene rings is 1. The van der Waals surface area contributed by atoms with Gasteiger partial charge in [0.2, 0.25) is 15.9 Å². The van der Waals surface area contributed by atoms with Gasteiger partial charge in [-0.25, -0.2) is 8.42 Å². The van der Waals surface area contributed by atoms with E-state index in [9.17, 15) is 13.2 Å². The van der Waals surface area contributed by atoms with E-state index in [0.29, 0.717) is 5.69 Å². The summed E-state index contributed by atoms with van der Waals surface area (Å²) in [4.78, 5) is 12.0. The lowest BCUT2D eigenvalue weighted by molar-refractivity contribution is -0.116. The van der Waals surface area contributed by atoms with Crippen molar-refractivity contribution in [3.05, 3.63) is 29.3 Å². The Bertz CT molecular complexity index is 594. The summed E-state index contributed by atoms with van der Waals surface area (Å²) in [5.41, 5.74) is 2.89. The smallest absolute Gasteiger partial charge is 0.239 e. The van der Waals surface area contributed by atoms with Gasteiger partial charge < -0.3 is 5.32 Å². The molecule has 0 atom stereocenters. The maximum absolute atomic E-state index is 12.0. The van der Waals surface area contributed by atoms with E-state index in [2.05, 4.69) is 5.32 Å². The highest BCUT2D eigenvalue weighted by atomic mass is 32.2. The van der Waals surface area contributed by atoms with Crippen LogP contribution in [0.15, 0.2) is 18.2 Å². The molecule has 1 rings (SSSR count). The largest absolute Gasteiger partial charge is 0.325 e. The first-order chi connectivity index (χ1) is 9.11. The average Bonchev–Trinajstić information content (AvgIpc) is 2.29. The van der Waals surface area contributed by atoms with Crippen LogP contribution >= 0.6 is 0 Å². The molecule has 20 heavy (non-hydrogen) atoms. The third-order valence-corrected chi connectivity index (χ3v) is 4.49. The van der Waals surface area contributed by atoms with Crippen LogP contribution in [0, 0.1) is 13.8 Å². The maximum Gasteiger partial charge on any atom is 0.239 e. The predicted molar refractivity (Wildman–Crippen MR) is 81.2 cm³/mol. The quantitative estimate of drug-likeness (QED) is 0.903. The minimum Gasteiger partial charge on any atom is -0.325 e. The topological polar surface area (TPSA) is 66.5 Å². The molecule has 0 heterocycles. The zero-order chi connectivity index (χ0) is 15.5. The van der Waals surface area contributed by atoms with E-state index in [0.717, 1.165) is 17.4 Å². The fourth-order valence-corrected chi connectivity index (χ4v) is 2.96. The first-order valence-corrected chi connectivity index (χ1v) is 8.30. The molecule has 1 aromatic carbocycles. The van der Waals surface area contributed by atoms with Gasteiger partial charge in [0, 0.05) is 11.7 Å². The number of rotatable bonds is 5. The molecule has 1 N–H and O–H groups in total. The molecule has 0 bridgehead atoms. The van der Waals surface area contributed by atoms with Crippen LogP contribution in [0.3, 0.4) is 0 Å². The molecule has 1 amide bonds. The SMILES string of the molecule is Cc1ccc(NC(=O)CN(C(C)C)S(C)(=O)=O)cc1C. The zero-order valence-electron chi connectivity index (χ0n) is 12.6. The van der Waals surface area contributed by atoms with Crippen molar-refractivity contribution >= 4 is 21.6 Å². The number of hydrogen-bond acceptors (Lipinski definition) is 3. The number of sulfonamides is 1. The molecule has 112 valence electrons. The van der Waals surface area contributed by atoms with Crippen molar-refractivity contribution in [1.29, 1.82) is 0 Å². The molecule has 0 spiro atoms. The number of carbonyl (C=O) groups is 1. The second kappa shape index (κ2) is 6.37. The number of hydrogen-bond donors (Lipinski definition) is 1. The molecule has 0 aliphatic carbocycles. The van der Waals surface area contributed by atoms with Gasteiger partial charge >= 0.3 is 0 Å². The van der Waals surface area contributed by atoms with Crippen LogP contribution in [0.25, 0.3) is 0 Å². The van der Waals surface area contributed by atoms with Crippen molar-refractivity contribution in [2.24, 2.45) is 0 Å². The fraction of sp³-hybridized carbons (Fsp3) is 0.500. The van der Waals surface area contributed by atoms with Crippen LogP contribution in [-0.4, -0.2) is 37.5 Å². The van der Waals surface area contributed by atoms with Crippen LogP contribution in [0.5, 0.6) is 0 Å². The van der Waals surface area contributed by atoms with Crippen molar-refractivity contribution in [3.63, 3.8) is 0 Å². The lowest BCUT2D eigenvalue weighted by Crippen LogP contribution is -2.41. The Morgan fingerprint density at radius 1 is 1.25 bits per heavy atom. The molecule has 0 aromatic heterocycles. The molecule has 5 nitrogen and oxygen atoms in total. The molecule has 0 radical (unpaired) electrons. The second-order valence-electron chi connectivity index (χ2n) is 5.25. The lowest BCUT2D eigenvalue weighted by atomic mass is 10.1. The fourth-order valence-electron chi connectivity index (χ4n) is 1.84. The summed E-state index contributed by atoms with van der Waals surface area (Å²) >= 11 is 0. The highest BCUT2D eigenvalue weighted by Crippen LogP contribution is 2.14. The summed E-state index contributed by atoms with van der Waals surface area (Å²) < 4.78 is 24.4. The van der Waals surface area contributed by atoms with E-state index in [-0.39, 0.29) is 18.5 Å². The van der Waals surface area contributed by atoms with Crippen molar-refractivity contribution in [2.45, 2.75) is 33.7 Å². The lowest BCUT2D eigenvalue weighted by Gasteiger charge is -2.23. The number of amides is 1. The van der Waals surface area contributed by atoms with Crippen molar-refractivity contribution in [1.82, 2.24) is 4.31 Å². The molecule has 0 unspecified atom stereocenters. The highest BCUT2D eigenvalue weighted by Gasteiger charge is 2.23. The maximum atomic E-state index is 12.0. The molecule has 1 aromatic rings. The van der Waals surface area contributed by atoms with Gasteiger partial charge in [-0.3, -0.25) is 4.79 Å². The third-order valence-electron chi connectivity index (χ3n) is 3.09. The molecule has 0 fully saturated rings. The van der Waals surface area contributed by atoms with Gasteiger partial charge in [0.25, 0.3) is 0 Å². The Morgan fingerprint density at radius 3 is 2.30 bits per heavy atom. The molecule has 0 aliphatic heterocycles. The van der Waals surface area contributed by atoms with Gasteiger partial charge in [0.1, 0.15) is 0 Å². The van der Waals surface area contributed by atoms with E-state index in [1.807, 2.05) is 26.0 Å². The normalized spacial score (nSPS) is 11.9. The molecule has 6 heteroatoms. The minimum atomic E-state index is -3.39. The number of anilines is 1. The van der Waals surface area contributed by atoms with Crippen LogP contribution in [0.1, 0.15) is 25.0 Å². The number of aryl methyl sites for hydroxylation is 2. The number of nitrogens with zero attached hydrogens (tertiary/aromatic N) is 1. The summed E-state index contributed by atoms with van der Waals surface area (Å²) in [7, 11) is -3.39. The van der Waals surface area contributed by atoms with E-state index in [1.165, 1.54) is 4.31 Å². The van der Waals surface area contributed by atoms with Gasteiger partial charge in [-0.2, -0.15) is 4.31 Å². The van der Waals surface area contributed by atoms with E-state index >= 15 is 0 Å². The van der Waals surface area contributed by atoms with Gasteiger partial charge in [-0.15, -0.1) is 0 Å². The Kier molecular flexibility index (Phi) is 5.30. The van der Waals surface area contributed by atoms with Crippen LogP contribution in [0.4, 0.5) is 5.69 Å². The van der Waals surface area contributed by atoms with Gasteiger partial charge in [0.05, 0.1) is 12.8 Å². The van der Waals surface area contributed by atoms with Crippen molar-refractivity contribution < 1.29 is 13.2 Å². The van der Waals surface area contributed by atoms with E-state index in [4.69, 9.17) is 0 Å². The summed E-state index contributed by atoms with van der Waals surface area (Å²) in [5.74, 6) is -0.340. The summed E-state index contributed by atoms with van der Waals surface area (Å²) in [6, 6.07) is 5.34. The third kappa shape index (κ3) is 4.61. The number of carbonyl (C=O) groups excluding carboxylic acids is 1. The van der Waals surface area contributed by atoms with E-state index in [1.54, 1.807) is 19.9 Å². The second-order valence-corrected chi connectivity index (χ2v) is 7.18. The molecule has 0 aliphatic rings. The van der Waals surface area contributed by atoms with Gasteiger partial charge in [0.15, 0.2) is 0 Å². The first kappa shape index (κ1) is 16.7. The first-order valence-electron chi connectivity index (χ1n) is 6.45. The Labute approximate surface area is 121 Å². The minimum absolute atomic E-state index is 0.177. The molecule has 0 saturated heterocycles. The van der Waals surface area contributed by atoms with Crippen molar-refractivity contribution in [3.8, 4) is 0 Å². The van der Waals surface area contributed by atoms with Crippen LogP contribution in [0.2, 0.25) is 0 Å². The highest BCUT2D eigenvalue weighted by molar-refractivity contribution is 7.88. The van der Waals surface area contributed by atoms with Gasteiger partial charge in [-0.1, -0.05) is 6.07 Å². The molecular formula is C14H22N2O3S. The monoisotopic (exact) mass is 298 g/mol. The van der Waals surface area contributed by atoms with Crippen LogP contribution < -0.4 is 5.32 Å². The van der Waals surface area contributed by atoms with Crippen LogP contribution in [-0.2, 0) is 14.8 Å². The number of nitrogens with one attached hydrogen (secondary N) is 1. The van der Waals surface area contributed by atoms with E-state index < -0.39 is 10.0 Å². The Hall–Kier alpha value is -1.40. The Morgan fingerprint density at radius 2 is 1.85 bits per heavy atom. The standard InChI is InChI=1S/C14H22N2O3S/c1-10(2)16(20(5,18)19)9-14(17)15-13-7-6-11(3)12(4)8-13/h6-8,10H,9H2,1-5H3,(H,15,17). The predicted octanol–water partition coefficient (Wildman–Crippen LogP) is 1.91. The average molecular weight is 298 g/mol. The summed E-state index contributed by atoms with van der Waals surface area (Å²) in [5, 5.41) is 2.72. The summed E-state index contributed by atoms with van der Waals surface area (Å²) in [6.45, 7) is 7.26. The zero-order valence-corrected chi connectivity index (χ0v) is 13.4. The van der Waals surface area contributed by atoms with Crippen molar-refractivity contribution in [2.75, 3.05) is 18.1 Å². The summed E-state index contributed by atoms with van der Waals surface area (Å²) in [6.07, 6.45) is 1.11. The molecular weight excluding hydrogens is 276 g/mol.